The molecule has 1 N–H and O–H groups in total. The Kier molecular flexibility index (Phi) is 5.59. The van der Waals surface area contributed by atoms with Gasteiger partial charge in [0.25, 0.3) is 6.43 Å². The van der Waals surface area contributed by atoms with E-state index in [0.717, 1.165) is 4.68 Å². The second-order valence-corrected chi connectivity index (χ2v) is 7.89. The number of amides is 1. The average Bonchev–Trinajstić information content (AvgIpc) is 3.50. The molecule has 1 aliphatic heterocycles. The first kappa shape index (κ1) is 22.4. The van der Waals surface area contributed by atoms with E-state index >= 15 is 0 Å². The molecule has 0 fully saturated rings. The number of hydrogen-bond acceptors (Lipinski definition) is 8. The maximum absolute atomic E-state index is 14.8. The van der Waals surface area contributed by atoms with Crippen molar-refractivity contribution in [3.05, 3.63) is 54.7 Å². The molecule has 0 bridgehead atoms. The van der Waals surface area contributed by atoms with Crippen LogP contribution in [-0.4, -0.2) is 50.7 Å². The minimum atomic E-state index is -2.57. The van der Waals surface area contributed by atoms with E-state index in [0.29, 0.717) is 34.2 Å². The summed E-state index contributed by atoms with van der Waals surface area (Å²) in [4.78, 5) is 28.1. The Balaban J connectivity index is 1.48. The number of likely N-dealkylation sites (N-methyl/N-ethyl adjacent to an activating group) is 1. The molecular weight excluding hydrogens is 465 g/mol. The molecule has 1 aromatic carbocycles. The SMILES string of the molecule is Cc1cc(-c2cnco2)c(F)cc1Nc1ncc2c(n1)N(c1cnn(CC(F)F)c1)CC(=O)N2C. The predicted molar refractivity (Wildman–Crippen MR) is 121 cm³/mol. The summed E-state index contributed by atoms with van der Waals surface area (Å²) in [6, 6.07) is 2.92. The number of alkyl halides is 2. The maximum Gasteiger partial charge on any atom is 0.257 e. The topological polar surface area (TPSA) is 105 Å². The number of aryl methyl sites for hydroxylation is 1. The first-order chi connectivity index (χ1) is 16.8. The molecule has 0 aliphatic carbocycles. The van der Waals surface area contributed by atoms with Gasteiger partial charge in [0.05, 0.1) is 29.8 Å². The number of anilines is 5. The monoisotopic (exact) mass is 484 g/mol. The lowest BCUT2D eigenvalue weighted by Crippen LogP contribution is -2.42. The van der Waals surface area contributed by atoms with Crippen molar-refractivity contribution in [3.63, 3.8) is 0 Å². The number of oxazole rings is 1. The van der Waals surface area contributed by atoms with Crippen molar-refractivity contribution in [2.75, 3.05) is 28.7 Å². The van der Waals surface area contributed by atoms with Crippen LogP contribution in [0.2, 0.25) is 0 Å². The van der Waals surface area contributed by atoms with E-state index in [9.17, 15) is 18.0 Å². The fraction of sp³-hybridized carbons (Fsp3) is 0.227. The molecule has 5 rings (SSSR count). The minimum Gasteiger partial charge on any atom is -0.443 e. The van der Waals surface area contributed by atoms with E-state index in [2.05, 4.69) is 25.4 Å². The molecule has 4 aromatic rings. The number of carbonyl (C=O) groups excluding carboxylic acids is 1. The van der Waals surface area contributed by atoms with Crippen LogP contribution in [0.3, 0.4) is 0 Å². The van der Waals surface area contributed by atoms with Gasteiger partial charge in [-0.2, -0.15) is 10.1 Å². The van der Waals surface area contributed by atoms with Crippen molar-refractivity contribution in [2.24, 2.45) is 0 Å². The third-order valence-electron chi connectivity index (χ3n) is 5.55. The van der Waals surface area contributed by atoms with Crippen LogP contribution in [0.15, 0.2) is 47.7 Å². The average molecular weight is 484 g/mol. The van der Waals surface area contributed by atoms with Crippen LogP contribution in [0.5, 0.6) is 0 Å². The quantitative estimate of drug-likeness (QED) is 0.439. The fourth-order valence-electron chi connectivity index (χ4n) is 3.73. The Labute approximate surface area is 197 Å². The molecule has 0 saturated carbocycles. The van der Waals surface area contributed by atoms with Crippen LogP contribution in [-0.2, 0) is 11.3 Å². The van der Waals surface area contributed by atoms with Crippen LogP contribution in [0.4, 0.5) is 42.0 Å². The summed E-state index contributed by atoms with van der Waals surface area (Å²) in [5, 5.41) is 6.95. The first-order valence-electron chi connectivity index (χ1n) is 10.5. The highest BCUT2D eigenvalue weighted by atomic mass is 19.3. The van der Waals surface area contributed by atoms with Crippen molar-refractivity contribution in [2.45, 2.75) is 19.9 Å². The molecule has 3 aromatic heterocycles. The predicted octanol–water partition coefficient (Wildman–Crippen LogP) is 3.90. The molecule has 0 spiro atoms. The number of aromatic nitrogens is 5. The van der Waals surface area contributed by atoms with E-state index in [-0.39, 0.29) is 24.0 Å². The molecular formula is C22H19F3N8O2. The minimum absolute atomic E-state index is 0.0696. The van der Waals surface area contributed by atoms with E-state index in [1.54, 1.807) is 24.9 Å². The van der Waals surface area contributed by atoms with Crippen LogP contribution in [0, 0.1) is 12.7 Å². The second-order valence-electron chi connectivity index (χ2n) is 7.89. The number of rotatable bonds is 6. The van der Waals surface area contributed by atoms with Crippen molar-refractivity contribution in [1.82, 2.24) is 24.7 Å². The fourth-order valence-corrected chi connectivity index (χ4v) is 3.73. The molecule has 35 heavy (non-hydrogen) atoms. The summed E-state index contributed by atoms with van der Waals surface area (Å²) in [5.74, 6) is 0.0810. The van der Waals surface area contributed by atoms with Gasteiger partial charge in [0.1, 0.15) is 24.6 Å². The second kappa shape index (κ2) is 8.74. The molecule has 0 atom stereocenters. The number of fused-ring (bicyclic) bond motifs is 1. The Hall–Kier alpha value is -4.42. The Bertz CT molecular complexity index is 1390. The highest BCUT2D eigenvalue weighted by Crippen LogP contribution is 2.37. The number of hydrogen-bond donors (Lipinski definition) is 1. The smallest absolute Gasteiger partial charge is 0.257 e. The van der Waals surface area contributed by atoms with Gasteiger partial charge in [0.15, 0.2) is 18.0 Å². The first-order valence-corrected chi connectivity index (χ1v) is 10.5. The normalized spacial score (nSPS) is 13.5. The van der Waals surface area contributed by atoms with E-state index < -0.39 is 18.8 Å². The molecule has 1 amide bonds. The molecule has 10 nitrogen and oxygen atoms in total. The van der Waals surface area contributed by atoms with E-state index in [4.69, 9.17) is 4.42 Å². The number of halogens is 3. The van der Waals surface area contributed by atoms with E-state index in [1.165, 1.54) is 42.1 Å². The Morgan fingerprint density at radius 3 is 2.80 bits per heavy atom. The van der Waals surface area contributed by atoms with Gasteiger partial charge in [-0.05, 0) is 24.6 Å². The Morgan fingerprint density at radius 1 is 1.23 bits per heavy atom. The summed E-state index contributed by atoms with van der Waals surface area (Å²) in [5.41, 5.74) is 2.26. The Morgan fingerprint density at radius 2 is 2.06 bits per heavy atom. The molecule has 0 saturated heterocycles. The zero-order valence-corrected chi connectivity index (χ0v) is 18.6. The van der Waals surface area contributed by atoms with E-state index in [1.807, 2.05) is 0 Å². The summed E-state index contributed by atoms with van der Waals surface area (Å²) in [6.07, 6.45) is 4.36. The number of nitrogens with zero attached hydrogens (tertiary/aromatic N) is 7. The molecule has 4 heterocycles. The number of carbonyl (C=O) groups is 1. The lowest BCUT2D eigenvalue weighted by atomic mass is 10.1. The van der Waals surface area contributed by atoms with Crippen molar-refractivity contribution >= 4 is 34.7 Å². The van der Waals surface area contributed by atoms with Crippen molar-refractivity contribution in [3.8, 4) is 11.3 Å². The lowest BCUT2D eigenvalue weighted by Gasteiger charge is -2.33. The molecule has 180 valence electrons. The summed E-state index contributed by atoms with van der Waals surface area (Å²) in [6.45, 7) is 1.15. The maximum atomic E-state index is 14.8. The molecule has 13 heteroatoms. The largest absolute Gasteiger partial charge is 0.443 e. The van der Waals surface area contributed by atoms with Crippen LogP contribution in [0.1, 0.15) is 5.56 Å². The van der Waals surface area contributed by atoms with Gasteiger partial charge in [-0.15, -0.1) is 0 Å². The molecule has 1 aliphatic rings. The standard InChI is InChI=1S/C22H19F3N8O2/c1-12-3-14(18-7-26-11-35-18)15(23)4-16(12)29-22-27-6-17-21(30-22)33(10-20(34)31(17)2)13-5-28-32(8-13)9-19(24)25/h3-8,11,19H,9-10H2,1-2H3,(H,27,29,30). The molecule has 0 unspecified atom stereocenters. The van der Waals surface area contributed by atoms with Crippen molar-refractivity contribution in [1.29, 1.82) is 0 Å². The molecule has 0 radical (unpaired) electrons. The van der Waals surface area contributed by atoms with Crippen LogP contribution < -0.4 is 15.1 Å². The van der Waals surface area contributed by atoms with Gasteiger partial charge in [-0.3, -0.25) is 9.48 Å². The van der Waals surface area contributed by atoms with Gasteiger partial charge in [-0.1, -0.05) is 0 Å². The highest BCUT2D eigenvalue weighted by molar-refractivity contribution is 6.03. The summed E-state index contributed by atoms with van der Waals surface area (Å²) >= 11 is 0. The zero-order valence-electron chi connectivity index (χ0n) is 18.6. The zero-order chi connectivity index (χ0) is 24.7. The van der Waals surface area contributed by atoms with Gasteiger partial charge in [0.2, 0.25) is 11.9 Å². The number of nitrogens with one attached hydrogen (secondary N) is 1. The van der Waals surface area contributed by atoms with Gasteiger partial charge in [-0.25, -0.2) is 23.1 Å². The van der Waals surface area contributed by atoms with Crippen LogP contribution in [0.25, 0.3) is 11.3 Å². The number of benzene rings is 1. The van der Waals surface area contributed by atoms with Crippen LogP contribution >= 0.6 is 0 Å². The summed E-state index contributed by atoms with van der Waals surface area (Å²) in [7, 11) is 1.59. The van der Waals surface area contributed by atoms with Crippen molar-refractivity contribution < 1.29 is 22.4 Å². The third kappa shape index (κ3) is 4.27. The highest BCUT2D eigenvalue weighted by Gasteiger charge is 2.31. The van der Waals surface area contributed by atoms with Gasteiger partial charge >= 0.3 is 0 Å². The van der Waals surface area contributed by atoms with Gasteiger partial charge < -0.3 is 19.5 Å². The lowest BCUT2D eigenvalue weighted by molar-refractivity contribution is -0.117. The summed E-state index contributed by atoms with van der Waals surface area (Å²) < 4.78 is 46.5. The van der Waals surface area contributed by atoms with Gasteiger partial charge in [0, 0.05) is 18.9 Å². The third-order valence-corrected chi connectivity index (χ3v) is 5.55.